The van der Waals surface area contributed by atoms with Gasteiger partial charge in [0, 0.05) is 37.0 Å². The average Bonchev–Trinajstić information content (AvgIpc) is 3.18. The maximum Gasteiger partial charge on any atom is 0.348 e. The second-order valence-corrected chi connectivity index (χ2v) is 6.34. The van der Waals surface area contributed by atoms with Crippen molar-refractivity contribution in [3.63, 3.8) is 0 Å². The van der Waals surface area contributed by atoms with E-state index in [2.05, 4.69) is 10.2 Å². The lowest BCUT2D eigenvalue weighted by molar-refractivity contribution is -0.123. The summed E-state index contributed by atoms with van der Waals surface area (Å²) >= 11 is 1.46. The van der Waals surface area contributed by atoms with Crippen LogP contribution in [0.15, 0.2) is 12.1 Å². The van der Waals surface area contributed by atoms with Crippen molar-refractivity contribution in [2.45, 2.75) is 6.54 Å². The summed E-state index contributed by atoms with van der Waals surface area (Å²) in [4.78, 5) is 35.4. The van der Waals surface area contributed by atoms with Crippen molar-refractivity contribution in [2.24, 2.45) is 11.8 Å². The zero-order valence-corrected chi connectivity index (χ0v) is 13.0. The number of carbonyl (C=O) groups excluding carboxylic acids is 2. The lowest BCUT2D eigenvalue weighted by Crippen LogP contribution is -2.28. The summed E-state index contributed by atoms with van der Waals surface area (Å²) in [6.07, 6.45) is 0. The van der Waals surface area contributed by atoms with Crippen LogP contribution in [0, 0.1) is 11.8 Å². The molecule has 22 heavy (non-hydrogen) atoms. The van der Waals surface area contributed by atoms with Crippen LogP contribution in [0.25, 0.3) is 0 Å². The molecule has 0 unspecified atom stereocenters. The maximum absolute atomic E-state index is 11.6. The molecule has 7 nitrogen and oxygen atoms in total. The van der Waals surface area contributed by atoms with Gasteiger partial charge in [0.15, 0.2) is 0 Å². The van der Waals surface area contributed by atoms with Crippen LogP contribution in [0.3, 0.4) is 0 Å². The number of ether oxygens (including phenoxy) is 1. The standard InChI is InChI=1S/C13H16N2O3S.CH2O2/c1-18-13(17)11-3-2-9(19-11)6-15-5-8-4-14-12(16)10(8)7-15;2-1-3/h2-3,8,10H,4-7H2,1H3,(H,14,16);1H,(H,2,3)/t8-,10+;/m0./s1. The topological polar surface area (TPSA) is 95.9 Å². The minimum absolute atomic E-state index is 0.153. The summed E-state index contributed by atoms with van der Waals surface area (Å²) < 4.78 is 4.70. The second kappa shape index (κ2) is 7.37. The first-order chi connectivity index (χ1) is 10.6. The Hall–Kier alpha value is -1.93. The number of carbonyl (C=O) groups is 3. The third kappa shape index (κ3) is 3.63. The van der Waals surface area contributed by atoms with Crippen LogP contribution in [0.5, 0.6) is 0 Å². The highest BCUT2D eigenvalue weighted by Gasteiger charge is 2.41. The summed E-state index contributed by atoms with van der Waals surface area (Å²) in [5.41, 5.74) is 0. The number of nitrogens with zero attached hydrogens (tertiary/aromatic N) is 1. The number of likely N-dealkylation sites (tertiary alicyclic amines) is 1. The average molecular weight is 326 g/mol. The van der Waals surface area contributed by atoms with E-state index < -0.39 is 0 Å². The fourth-order valence-corrected chi connectivity index (χ4v) is 3.82. The van der Waals surface area contributed by atoms with E-state index in [1.807, 2.05) is 6.07 Å². The van der Waals surface area contributed by atoms with Crippen LogP contribution in [-0.4, -0.2) is 55.1 Å². The number of hydrogen-bond donors (Lipinski definition) is 2. The van der Waals surface area contributed by atoms with Crippen molar-refractivity contribution in [3.8, 4) is 0 Å². The Labute approximate surface area is 131 Å². The van der Waals surface area contributed by atoms with Crippen molar-refractivity contribution in [3.05, 3.63) is 21.9 Å². The summed E-state index contributed by atoms with van der Waals surface area (Å²) in [6.45, 7) is 3.14. The van der Waals surface area contributed by atoms with Gasteiger partial charge >= 0.3 is 5.97 Å². The zero-order valence-electron chi connectivity index (χ0n) is 12.2. The minimum Gasteiger partial charge on any atom is -0.483 e. The lowest BCUT2D eigenvalue weighted by Gasteiger charge is -2.15. The Bertz CT molecular complexity index is 559. The number of amides is 1. The van der Waals surface area contributed by atoms with Crippen LogP contribution in [-0.2, 0) is 20.9 Å². The molecule has 1 aromatic heterocycles. The lowest BCUT2D eigenvalue weighted by atomic mass is 10.0. The fourth-order valence-electron chi connectivity index (χ4n) is 2.85. The third-order valence-corrected chi connectivity index (χ3v) is 4.87. The SMILES string of the molecule is COC(=O)c1ccc(CN2C[C@@H]3CNC(=O)[C@@H]3C2)s1.O=CO. The molecule has 1 amide bonds. The summed E-state index contributed by atoms with van der Waals surface area (Å²) in [7, 11) is 1.39. The molecule has 2 fully saturated rings. The molecule has 0 spiro atoms. The molecule has 3 heterocycles. The van der Waals surface area contributed by atoms with E-state index >= 15 is 0 Å². The summed E-state index contributed by atoms with van der Waals surface area (Å²) in [5.74, 6) is 0.510. The maximum atomic E-state index is 11.6. The minimum atomic E-state index is -0.283. The predicted molar refractivity (Wildman–Crippen MR) is 79.6 cm³/mol. The van der Waals surface area contributed by atoms with E-state index in [1.54, 1.807) is 6.07 Å². The highest BCUT2D eigenvalue weighted by atomic mass is 32.1. The predicted octanol–water partition coefficient (Wildman–Crippen LogP) is 0.413. The molecule has 0 radical (unpaired) electrons. The van der Waals surface area contributed by atoms with E-state index in [0.717, 1.165) is 31.1 Å². The van der Waals surface area contributed by atoms with Gasteiger partial charge in [-0.25, -0.2) is 4.79 Å². The molecule has 1 aromatic rings. The van der Waals surface area contributed by atoms with Gasteiger partial charge < -0.3 is 15.2 Å². The Balaban J connectivity index is 0.000000545. The number of thiophene rings is 1. The smallest absolute Gasteiger partial charge is 0.348 e. The van der Waals surface area contributed by atoms with Crippen LogP contribution < -0.4 is 5.32 Å². The van der Waals surface area contributed by atoms with Gasteiger partial charge in [-0.3, -0.25) is 14.5 Å². The quantitative estimate of drug-likeness (QED) is 0.617. The second-order valence-electron chi connectivity index (χ2n) is 5.17. The van der Waals surface area contributed by atoms with E-state index in [-0.39, 0.29) is 24.3 Å². The number of carboxylic acid groups (broad SMARTS) is 1. The molecule has 2 atom stereocenters. The molecule has 8 heteroatoms. The van der Waals surface area contributed by atoms with Crippen LogP contribution in [0.4, 0.5) is 0 Å². The van der Waals surface area contributed by atoms with E-state index in [4.69, 9.17) is 14.6 Å². The first-order valence-corrected chi connectivity index (χ1v) is 7.65. The van der Waals surface area contributed by atoms with Crippen molar-refractivity contribution >= 4 is 29.7 Å². The molecular weight excluding hydrogens is 308 g/mol. The van der Waals surface area contributed by atoms with Crippen molar-refractivity contribution < 1.29 is 24.2 Å². The van der Waals surface area contributed by atoms with Crippen molar-refractivity contribution in [1.29, 1.82) is 0 Å². The summed E-state index contributed by atoms with van der Waals surface area (Å²) in [6, 6.07) is 3.76. The number of nitrogens with one attached hydrogen (secondary N) is 1. The molecule has 2 saturated heterocycles. The van der Waals surface area contributed by atoms with Crippen LogP contribution >= 0.6 is 11.3 Å². The van der Waals surface area contributed by atoms with Gasteiger partial charge in [-0.05, 0) is 12.1 Å². The highest BCUT2D eigenvalue weighted by Crippen LogP contribution is 2.29. The zero-order chi connectivity index (χ0) is 16.1. The first kappa shape index (κ1) is 16.4. The number of hydrogen-bond acceptors (Lipinski definition) is 6. The largest absolute Gasteiger partial charge is 0.483 e. The van der Waals surface area contributed by atoms with E-state index in [1.165, 1.54) is 18.4 Å². The van der Waals surface area contributed by atoms with Crippen LogP contribution in [0.1, 0.15) is 14.5 Å². The Morgan fingerprint density at radius 2 is 2.27 bits per heavy atom. The van der Waals surface area contributed by atoms with Gasteiger partial charge in [0.1, 0.15) is 4.88 Å². The molecule has 0 aliphatic carbocycles. The molecule has 0 bridgehead atoms. The molecular formula is C14H18N2O5S. The van der Waals surface area contributed by atoms with E-state index in [0.29, 0.717) is 10.8 Å². The van der Waals surface area contributed by atoms with Gasteiger partial charge in [-0.1, -0.05) is 0 Å². The Morgan fingerprint density at radius 1 is 1.55 bits per heavy atom. The van der Waals surface area contributed by atoms with Crippen molar-refractivity contribution in [1.82, 2.24) is 10.2 Å². The summed E-state index contributed by atoms with van der Waals surface area (Å²) in [5, 5.41) is 9.80. The molecule has 2 aliphatic rings. The molecule has 3 rings (SSSR count). The van der Waals surface area contributed by atoms with Crippen LogP contribution in [0.2, 0.25) is 0 Å². The van der Waals surface area contributed by atoms with Gasteiger partial charge in [0.05, 0.1) is 13.0 Å². The van der Waals surface area contributed by atoms with Gasteiger partial charge in [0.2, 0.25) is 5.91 Å². The molecule has 120 valence electrons. The third-order valence-electron chi connectivity index (χ3n) is 3.82. The van der Waals surface area contributed by atoms with Gasteiger partial charge in [0.25, 0.3) is 6.47 Å². The van der Waals surface area contributed by atoms with Gasteiger partial charge in [-0.2, -0.15) is 0 Å². The van der Waals surface area contributed by atoms with Crippen molar-refractivity contribution in [2.75, 3.05) is 26.7 Å². The van der Waals surface area contributed by atoms with Gasteiger partial charge in [-0.15, -0.1) is 11.3 Å². The normalized spacial score (nSPS) is 23.2. The fraction of sp³-hybridized carbons (Fsp3) is 0.500. The molecule has 2 N–H and O–H groups in total. The number of methoxy groups -OCH3 is 1. The first-order valence-electron chi connectivity index (χ1n) is 6.84. The van der Waals surface area contributed by atoms with E-state index in [9.17, 15) is 9.59 Å². The molecule has 0 aromatic carbocycles. The monoisotopic (exact) mass is 326 g/mol. The number of esters is 1. The highest BCUT2D eigenvalue weighted by molar-refractivity contribution is 7.13. The Morgan fingerprint density at radius 3 is 2.91 bits per heavy atom. The molecule has 2 aliphatic heterocycles. The molecule has 0 saturated carbocycles. The number of rotatable bonds is 3. The Kier molecular flexibility index (Phi) is 5.51. The number of fused-ring (bicyclic) bond motifs is 1.